The van der Waals surface area contributed by atoms with E-state index in [1.165, 1.54) is 6.07 Å². The van der Waals surface area contributed by atoms with Crippen LogP contribution in [0.4, 0.5) is 5.82 Å². The van der Waals surface area contributed by atoms with Crippen LogP contribution in [0.3, 0.4) is 0 Å². The SMILES string of the molecule is CCc1nc(NCC(O)CC)cc(=O)[nH]1. The summed E-state index contributed by atoms with van der Waals surface area (Å²) in [5.74, 6) is 1.17. The first kappa shape index (κ1) is 11.7. The van der Waals surface area contributed by atoms with Crippen LogP contribution >= 0.6 is 0 Å². The molecule has 15 heavy (non-hydrogen) atoms. The molecule has 0 radical (unpaired) electrons. The molecule has 3 N–H and O–H groups in total. The predicted octanol–water partition coefficient (Wildman–Crippen LogP) is 0.515. The standard InChI is InChI=1S/C10H17N3O2/c1-3-7(14)6-11-9-5-10(15)13-8(4-2)12-9/h5,7,14H,3-4,6H2,1-2H3,(H2,11,12,13,15). The Balaban J connectivity index is 2.68. The molecule has 0 saturated carbocycles. The first-order valence-electron chi connectivity index (χ1n) is 5.17. The summed E-state index contributed by atoms with van der Waals surface area (Å²) in [6.45, 7) is 4.23. The Kier molecular flexibility index (Phi) is 4.30. The second kappa shape index (κ2) is 5.50. The highest BCUT2D eigenvalue weighted by atomic mass is 16.3. The molecule has 1 unspecified atom stereocenters. The normalized spacial score (nSPS) is 12.5. The molecule has 1 aromatic rings. The van der Waals surface area contributed by atoms with Gasteiger partial charge in [0.15, 0.2) is 0 Å². The van der Waals surface area contributed by atoms with Gasteiger partial charge in [0.1, 0.15) is 11.6 Å². The van der Waals surface area contributed by atoms with E-state index in [4.69, 9.17) is 0 Å². The van der Waals surface area contributed by atoms with Crippen molar-refractivity contribution in [2.24, 2.45) is 0 Å². The molecule has 1 heterocycles. The van der Waals surface area contributed by atoms with E-state index in [9.17, 15) is 9.90 Å². The zero-order chi connectivity index (χ0) is 11.3. The number of H-pyrrole nitrogens is 1. The van der Waals surface area contributed by atoms with Crippen LogP contribution in [0.2, 0.25) is 0 Å². The third-order valence-electron chi connectivity index (χ3n) is 2.12. The highest BCUT2D eigenvalue weighted by Gasteiger charge is 2.02. The van der Waals surface area contributed by atoms with Crippen LogP contribution < -0.4 is 10.9 Å². The molecule has 0 saturated heterocycles. The van der Waals surface area contributed by atoms with Gasteiger partial charge in [-0.3, -0.25) is 4.79 Å². The molecule has 0 bridgehead atoms. The monoisotopic (exact) mass is 211 g/mol. The molecular formula is C10H17N3O2. The molecule has 0 aromatic carbocycles. The summed E-state index contributed by atoms with van der Waals surface area (Å²) in [6, 6.07) is 1.39. The van der Waals surface area contributed by atoms with Gasteiger partial charge < -0.3 is 15.4 Å². The van der Waals surface area contributed by atoms with Gasteiger partial charge in [0, 0.05) is 19.0 Å². The van der Waals surface area contributed by atoms with Gasteiger partial charge in [0.25, 0.3) is 5.56 Å². The van der Waals surface area contributed by atoms with Crippen molar-refractivity contribution in [3.8, 4) is 0 Å². The number of aliphatic hydroxyl groups excluding tert-OH is 1. The molecule has 84 valence electrons. The van der Waals surface area contributed by atoms with Gasteiger partial charge >= 0.3 is 0 Å². The molecule has 1 aromatic heterocycles. The van der Waals surface area contributed by atoms with Crippen LogP contribution in [0.5, 0.6) is 0 Å². The lowest BCUT2D eigenvalue weighted by molar-refractivity contribution is 0.183. The highest BCUT2D eigenvalue weighted by molar-refractivity contribution is 5.32. The number of aromatic amines is 1. The van der Waals surface area contributed by atoms with Crippen molar-refractivity contribution in [2.45, 2.75) is 32.8 Å². The van der Waals surface area contributed by atoms with E-state index in [0.29, 0.717) is 31.0 Å². The lowest BCUT2D eigenvalue weighted by Gasteiger charge is -2.10. The van der Waals surface area contributed by atoms with Crippen molar-refractivity contribution >= 4 is 5.82 Å². The zero-order valence-electron chi connectivity index (χ0n) is 9.08. The van der Waals surface area contributed by atoms with Crippen molar-refractivity contribution in [2.75, 3.05) is 11.9 Å². The molecule has 0 amide bonds. The number of aromatic nitrogens is 2. The lowest BCUT2D eigenvalue weighted by Crippen LogP contribution is -2.21. The maximum atomic E-state index is 11.2. The summed E-state index contributed by atoms with van der Waals surface area (Å²) >= 11 is 0. The third kappa shape index (κ3) is 3.71. The Morgan fingerprint density at radius 3 is 2.93 bits per heavy atom. The molecule has 1 rings (SSSR count). The van der Waals surface area contributed by atoms with Crippen LogP contribution in [-0.2, 0) is 6.42 Å². The third-order valence-corrected chi connectivity index (χ3v) is 2.12. The van der Waals surface area contributed by atoms with Gasteiger partial charge in [-0.2, -0.15) is 0 Å². The number of nitrogens with zero attached hydrogens (tertiary/aromatic N) is 1. The molecular weight excluding hydrogens is 194 g/mol. The molecule has 0 aliphatic rings. The van der Waals surface area contributed by atoms with E-state index < -0.39 is 6.10 Å². The van der Waals surface area contributed by atoms with Gasteiger partial charge in [-0.15, -0.1) is 0 Å². The highest BCUT2D eigenvalue weighted by Crippen LogP contribution is 2.00. The Labute approximate surface area is 88.6 Å². The van der Waals surface area contributed by atoms with Crippen molar-refractivity contribution in [1.82, 2.24) is 9.97 Å². The van der Waals surface area contributed by atoms with Gasteiger partial charge in [0.2, 0.25) is 0 Å². The Bertz CT molecular complexity index is 362. The summed E-state index contributed by atoms with van der Waals surface area (Å²) in [5.41, 5.74) is -0.171. The first-order chi connectivity index (χ1) is 7.15. The average molecular weight is 211 g/mol. The minimum atomic E-state index is -0.406. The van der Waals surface area contributed by atoms with Gasteiger partial charge in [-0.1, -0.05) is 13.8 Å². The fraction of sp³-hybridized carbons (Fsp3) is 0.600. The summed E-state index contributed by atoms with van der Waals surface area (Å²) in [6.07, 6.45) is 0.953. The second-order valence-corrected chi connectivity index (χ2v) is 3.37. The van der Waals surface area contributed by atoms with Crippen molar-refractivity contribution in [3.05, 3.63) is 22.2 Å². The molecule has 0 fully saturated rings. The van der Waals surface area contributed by atoms with Gasteiger partial charge in [-0.05, 0) is 6.42 Å². The van der Waals surface area contributed by atoms with Crippen molar-refractivity contribution < 1.29 is 5.11 Å². The van der Waals surface area contributed by atoms with Crippen LogP contribution in [0.25, 0.3) is 0 Å². The van der Waals surface area contributed by atoms with E-state index in [0.717, 1.165) is 0 Å². The molecule has 1 atom stereocenters. The minimum absolute atomic E-state index is 0.171. The topological polar surface area (TPSA) is 78.0 Å². The smallest absolute Gasteiger partial charge is 0.252 e. The van der Waals surface area contributed by atoms with Crippen molar-refractivity contribution in [1.29, 1.82) is 0 Å². The minimum Gasteiger partial charge on any atom is -0.391 e. The maximum absolute atomic E-state index is 11.2. The average Bonchev–Trinajstić information content (AvgIpc) is 2.25. The predicted molar refractivity (Wildman–Crippen MR) is 59.0 cm³/mol. The van der Waals surface area contributed by atoms with E-state index in [1.54, 1.807) is 0 Å². The van der Waals surface area contributed by atoms with E-state index >= 15 is 0 Å². The molecule has 0 aliphatic heterocycles. The number of nitrogens with one attached hydrogen (secondary N) is 2. The summed E-state index contributed by atoms with van der Waals surface area (Å²) in [5, 5.41) is 12.3. The maximum Gasteiger partial charge on any atom is 0.252 e. The summed E-state index contributed by atoms with van der Waals surface area (Å²) < 4.78 is 0. The lowest BCUT2D eigenvalue weighted by atomic mass is 10.3. The number of aliphatic hydroxyl groups is 1. The molecule has 0 aliphatic carbocycles. The largest absolute Gasteiger partial charge is 0.391 e. The Morgan fingerprint density at radius 2 is 2.33 bits per heavy atom. The number of aryl methyl sites for hydroxylation is 1. The number of hydrogen-bond donors (Lipinski definition) is 3. The molecule has 0 spiro atoms. The van der Waals surface area contributed by atoms with E-state index in [-0.39, 0.29) is 5.56 Å². The molecule has 5 heteroatoms. The fourth-order valence-corrected chi connectivity index (χ4v) is 1.13. The first-order valence-corrected chi connectivity index (χ1v) is 5.17. The van der Waals surface area contributed by atoms with Crippen LogP contribution in [0.1, 0.15) is 26.1 Å². The number of hydrogen-bond acceptors (Lipinski definition) is 4. The number of anilines is 1. The quantitative estimate of drug-likeness (QED) is 0.663. The van der Waals surface area contributed by atoms with Gasteiger partial charge in [-0.25, -0.2) is 4.98 Å². The molecule has 5 nitrogen and oxygen atoms in total. The zero-order valence-corrected chi connectivity index (χ0v) is 9.08. The number of rotatable bonds is 5. The van der Waals surface area contributed by atoms with Crippen LogP contribution in [0, 0.1) is 0 Å². The fourth-order valence-electron chi connectivity index (χ4n) is 1.13. The van der Waals surface area contributed by atoms with Crippen molar-refractivity contribution in [3.63, 3.8) is 0 Å². The Hall–Kier alpha value is -1.36. The van der Waals surface area contributed by atoms with E-state index in [2.05, 4.69) is 15.3 Å². The Morgan fingerprint density at radius 1 is 1.60 bits per heavy atom. The summed E-state index contributed by atoms with van der Waals surface area (Å²) in [7, 11) is 0. The van der Waals surface area contributed by atoms with E-state index in [1.807, 2.05) is 13.8 Å². The second-order valence-electron chi connectivity index (χ2n) is 3.37. The summed E-state index contributed by atoms with van der Waals surface area (Å²) in [4.78, 5) is 18.0. The van der Waals surface area contributed by atoms with Crippen LogP contribution in [-0.4, -0.2) is 27.7 Å². The van der Waals surface area contributed by atoms with Gasteiger partial charge in [0.05, 0.1) is 6.10 Å². The van der Waals surface area contributed by atoms with Crippen LogP contribution in [0.15, 0.2) is 10.9 Å².